The standard InChI is InChI=1S/C12H17NO4/c1-15-11-8(9(13)7-14)3-4-10-12(11)17-6-2-5-16-10/h3-4,9,14H,2,5-7,13H2,1H3. The van der Waals surface area contributed by atoms with Crippen molar-refractivity contribution >= 4 is 0 Å². The lowest BCUT2D eigenvalue weighted by atomic mass is 10.1. The number of aliphatic hydroxyl groups excluding tert-OH is 1. The molecule has 5 heteroatoms. The van der Waals surface area contributed by atoms with Crippen molar-refractivity contribution in [3.05, 3.63) is 17.7 Å². The lowest BCUT2D eigenvalue weighted by molar-refractivity contribution is 0.260. The van der Waals surface area contributed by atoms with Gasteiger partial charge >= 0.3 is 0 Å². The summed E-state index contributed by atoms with van der Waals surface area (Å²) in [5, 5.41) is 9.12. The first-order valence-electron chi connectivity index (χ1n) is 5.61. The second kappa shape index (κ2) is 5.25. The summed E-state index contributed by atoms with van der Waals surface area (Å²) in [5.74, 6) is 1.78. The van der Waals surface area contributed by atoms with Gasteiger partial charge in [0.1, 0.15) is 0 Å². The average molecular weight is 239 g/mol. The third-order valence-electron chi connectivity index (χ3n) is 2.70. The Balaban J connectivity index is 2.46. The summed E-state index contributed by atoms with van der Waals surface area (Å²) in [6, 6.07) is 3.11. The van der Waals surface area contributed by atoms with Crippen LogP contribution >= 0.6 is 0 Å². The maximum absolute atomic E-state index is 9.12. The molecule has 0 bridgehead atoms. The highest BCUT2D eigenvalue weighted by Gasteiger charge is 2.21. The number of ether oxygens (including phenoxy) is 3. The first-order chi connectivity index (χ1) is 8.27. The van der Waals surface area contributed by atoms with Crippen molar-refractivity contribution in [2.45, 2.75) is 12.5 Å². The number of benzene rings is 1. The fourth-order valence-corrected chi connectivity index (χ4v) is 1.83. The molecule has 94 valence electrons. The van der Waals surface area contributed by atoms with Crippen molar-refractivity contribution in [2.75, 3.05) is 26.9 Å². The third kappa shape index (κ3) is 2.30. The molecule has 0 aliphatic carbocycles. The molecule has 3 N–H and O–H groups in total. The van der Waals surface area contributed by atoms with E-state index in [0.29, 0.717) is 30.5 Å². The van der Waals surface area contributed by atoms with Crippen molar-refractivity contribution < 1.29 is 19.3 Å². The van der Waals surface area contributed by atoms with Crippen molar-refractivity contribution in [1.29, 1.82) is 0 Å². The van der Waals surface area contributed by atoms with Gasteiger partial charge in [-0.3, -0.25) is 0 Å². The summed E-state index contributed by atoms with van der Waals surface area (Å²) < 4.78 is 16.5. The molecule has 1 aliphatic rings. The minimum Gasteiger partial charge on any atom is -0.492 e. The molecule has 1 aromatic carbocycles. The summed E-state index contributed by atoms with van der Waals surface area (Å²) in [7, 11) is 1.55. The highest BCUT2D eigenvalue weighted by molar-refractivity contribution is 5.57. The van der Waals surface area contributed by atoms with Crippen LogP contribution in [0.4, 0.5) is 0 Å². The van der Waals surface area contributed by atoms with E-state index in [0.717, 1.165) is 12.0 Å². The summed E-state index contributed by atoms with van der Waals surface area (Å²) in [5.41, 5.74) is 6.54. The van der Waals surface area contributed by atoms with Crippen LogP contribution < -0.4 is 19.9 Å². The van der Waals surface area contributed by atoms with Gasteiger partial charge in [-0.25, -0.2) is 0 Å². The molecule has 0 radical (unpaired) electrons. The third-order valence-corrected chi connectivity index (χ3v) is 2.70. The van der Waals surface area contributed by atoms with Crippen LogP contribution in [0, 0.1) is 0 Å². The summed E-state index contributed by atoms with van der Waals surface area (Å²) >= 11 is 0. The van der Waals surface area contributed by atoms with Crippen LogP contribution in [0.15, 0.2) is 12.1 Å². The van der Waals surface area contributed by atoms with Gasteiger partial charge in [0.2, 0.25) is 5.75 Å². The Morgan fingerprint density at radius 2 is 2.18 bits per heavy atom. The van der Waals surface area contributed by atoms with Crippen LogP contribution in [-0.4, -0.2) is 32.0 Å². The molecule has 0 fully saturated rings. The molecule has 1 atom stereocenters. The highest BCUT2D eigenvalue weighted by atomic mass is 16.5. The molecular formula is C12H17NO4. The van der Waals surface area contributed by atoms with Crippen LogP contribution in [0.1, 0.15) is 18.0 Å². The molecule has 0 aromatic heterocycles. The molecule has 0 amide bonds. The number of fused-ring (bicyclic) bond motifs is 1. The van der Waals surface area contributed by atoms with Gasteiger partial charge in [0.25, 0.3) is 0 Å². The topological polar surface area (TPSA) is 73.9 Å². The van der Waals surface area contributed by atoms with E-state index in [4.69, 9.17) is 25.1 Å². The monoisotopic (exact) mass is 239 g/mol. The molecule has 1 aliphatic heterocycles. The average Bonchev–Trinajstić information content (AvgIpc) is 2.61. The molecule has 0 saturated carbocycles. The Morgan fingerprint density at radius 1 is 1.41 bits per heavy atom. The number of hydrogen-bond acceptors (Lipinski definition) is 5. The maximum Gasteiger partial charge on any atom is 0.203 e. The zero-order chi connectivity index (χ0) is 12.3. The van der Waals surface area contributed by atoms with Crippen LogP contribution in [0.3, 0.4) is 0 Å². The molecular weight excluding hydrogens is 222 g/mol. The minimum absolute atomic E-state index is 0.143. The van der Waals surface area contributed by atoms with Gasteiger partial charge < -0.3 is 25.1 Å². The second-order valence-corrected chi connectivity index (χ2v) is 3.85. The Bertz CT molecular complexity index is 394. The van der Waals surface area contributed by atoms with Gasteiger partial charge in [0.05, 0.1) is 33.0 Å². The smallest absolute Gasteiger partial charge is 0.203 e. The molecule has 1 aromatic rings. The lowest BCUT2D eigenvalue weighted by Gasteiger charge is -2.18. The summed E-state index contributed by atoms with van der Waals surface area (Å²) in [6.45, 7) is 1.07. The second-order valence-electron chi connectivity index (χ2n) is 3.85. The Morgan fingerprint density at radius 3 is 2.88 bits per heavy atom. The first-order valence-corrected chi connectivity index (χ1v) is 5.61. The van der Waals surface area contributed by atoms with Gasteiger partial charge in [-0.15, -0.1) is 0 Å². The number of rotatable bonds is 3. The fourth-order valence-electron chi connectivity index (χ4n) is 1.83. The predicted molar refractivity (Wildman–Crippen MR) is 62.6 cm³/mol. The summed E-state index contributed by atoms with van der Waals surface area (Å²) in [4.78, 5) is 0. The SMILES string of the molecule is COc1c(C(N)CO)ccc2c1OCCCO2. The van der Waals surface area contributed by atoms with Crippen LogP contribution in [0.2, 0.25) is 0 Å². The zero-order valence-corrected chi connectivity index (χ0v) is 9.81. The van der Waals surface area contributed by atoms with E-state index in [2.05, 4.69) is 0 Å². The van der Waals surface area contributed by atoms with E-state index in [1.165, 1.54) is 0 Å². The Kier molecular flexibility index (Phi) is 3.71. The van der Waals surface area contributed by atoms with Crippen molar-refractivity contribution in [3.8, 4) is 17.2 Å². The molecule has 17 heavy (non-hydrogen) atoms. The molecule has 5 nitrogen and oxygen atoms in total. The van der Waals surface area contributed by atoms with E-state index in [1.54, 1.807) is 19.2 Å². The van der Waals surface area contributed by atoms with E-state index < -0.39 is 6.04 Å². The lowest BCUT2D eigenvalue weighted by Crippen LogP contribution is -2.16. The van der Waals surface area contributed by atoms with Crippen LogP contribution in [0.25, 0.3) is 0 Å². The number of nitrogens with two attached hydrogens (primary N) is 1. The number of methoxy groups -OCH3 is 1. The first kappa shape index (κ1) is 12.0. The van der Waals surface area contributed by atoms with Crippen LogP contribution in [0.5, 0.6) is 17.2 Å². The Hall–Kier alpha value is -1.46. The van der Waals surface area contributed by atoms with Gasteiger partial charge in [-0.1, -0.05) is 0 Å². The van der Waals surface area contributed by atoms with E-state index in [9.17, 15) is 0 Å². The normalized spacial score (nSPS) is 16.2. The predicted octanol–water partition coefficient (Wildman–Crippen LogP) is 0.849. The summed E-state index contributed by atoms with van der Waals surface area (Å²) in [6.07, 6.45) is 0.833. The zero-order valence-electron chi connectivity index (χ0n) is 9.81. The van der Waals surface area contributed by atoms with Gasteiger partial charge in [0, 0.05) is 12.0 Å². The van der Waals surface area contributed by atoms with Gasteiger partial charge in [0.15, 0.2) is 11.5 Å². The molecule has 2 rings (SSSR count). The molecule has 1 unspecified atom stereocenters. The van der Waals surface area contributed by atoms with Crippen molar-refractivity contribution in [2.24, 2.45) is 5.73 Å². The number of hydrogen-bond donors (Lipinski definition) is 2. The van der Waals surface area contributed by atoms with Crippen LogP contribution in [-0.2, 0) is 0 Å². The Labute approximate surface area is 100 Å². The number of aliphatic hydroxyl groups is 1. The molecule has 0 saturated heterocycles. The minimum atomic E-state index is -0.484. The van der Waals surface area contributed by atoms with Crippen molar-refractivity contribution in [1.82, 2.24) is 0 Å². The fraction of sp³-hybridized carbons (Fsp3) is 0.500. The van der Waals surface area contributed by atoms with Gasteiger partial charge in [-0.2, -0.15) is 0 Å². The van der Waals surface area contributed by atoms with E-state index in [-0.39, 0.29) is 6.61 Å². The maximum atomic E-state index is 9.12. The van der Waals surface area contributed by atoms with Gasteiger partial charge in [-0.05, 0) is 12.1 Å². The van der Waals surface area contributed by atoms with E-state index in [1.807, 2.05) is 0 Å². The van der Waals surface area contributed by atoms with E-state index >= 15 is 0 Å². The molecule has 1 heterocycles. The largest absolute Gasteiger partial charge is 0.492 e. The quantitative estimate of drug-likeness (QED) is 0.818. The molecule has 0 spiro atoms. The van der Waals surface area contributed by atoms with Crippen molar-refractivity contribution in [3.63, 3.8) is 0 Å². The highest BCUT2D eigenvalue weighted by Crippen LogP contribution is 2.42.